The Balaban J connectivity index is 1.63. The number of hydrogen-bond donors (Lipinski definition) is 1. The molecule has 0 atom stereocenters. The van der Waals surface area contributed by atoms with Crippen LogP contribution in [0.4, 0.5) is 0 Å². The lowest BCUT2D eigenvalue weighted by molar-refractivity contribution is 0.372. The minimum Gasteiger partial charge on any atom is -0.317 e. The van der Waals surface area contributed by atoms with Crippen LogP contribution < -0.4 is 5.32 Å². The Kier molecular flexibility index (Phi) is 4.19. The van der Waals surface area contributed by atoms with Crippen LogP contribution in [0, 0.1) is 12.8 Å². The Hall–Kier alpha value is -1.64. The standard InChI is InChI=1S/C21H23NS/c1-15-12-17(13-16-8-10-22-11-9-16)6-7-18(15)20-14-23-21-5-3-2-4-19(20)21/h2-7,12,14,16,22H,8-11,13H2,1H3. The average molecular weight is 321 g/mol. The van der Waals surface area contributed by atoms with Gasteiger partial charge in [0.1, 0.15) is 0 Å². The molecule has 0 bridgehead atoms. The van der Waals surface area contributed by atoms with Gasteiger partial charge in [0, 0.05) is 15.6 Å². The molecular weight excluding hydrogens is 298 g/mol. The van der Waals surface area contributed by atoms with Crippen molar-refractivity contribution in [3.8, 4) is 11.1 Å². The van der Waals surface area contributed by atoms with Crippen LogP contribution in [0.1, 0.15) is 24.0 Å². The van der Waals surface area contributed by atoms with E-state index in [-0.39, 0.29) is 0 Å². The second kappa shape index (κ2) is 6.46. The fourth-order valence-corrected chi connectivity index (χ4v) is 4.72. The Morgan fingerprint density at radius 2 is 1.87 bits per heavy atom. The van der Waals surface area contributed by atoms with Gasteiger partial charge in [0.25, 0.3) is 0 Å². The van der Waals surface area contributed by atoms with Crippen LogP contribution in [0.2, 0.25) is 0 Å². The molecule has 1 fully saturated rings. The third-order valence-electron chi connectivity index (χ3n) is 5.05. The first-order valence-corrected chi connectivity index (χ1v) is 9.46. The monoisotopic (exact) mass is 321 g/mol. The molecule has 0 radical (unpaired) electrons. The summed E-state index contributed by atoms with van der Waals surface area (Å²) in [4.78, 5) is 0. The van der Waals surface area contributed by atoms with Crippen LogP contribution >= 0.6 is 11.3 Å². The van der Waals surface area contributed by atoms with E-state index in [1.807, 2.05) is 11.3 Å². The molecule has 0 aliphatic carbocycles. The van der Waals surface area contributed by atoms with Crippen LogP contribution in [0.15, 0.2) is 47.8 Å². The van der Waals surface area contributed by atoms with E-state index in [0.29, 0.717) is 0 Å². The second-order valence-corrected chi connectivity index (χ2v) is 7.60. The fraction of sp³-hybridized carbons (Fsp3) is 0.333. The smallest absolute Gasteiger partial charge is 0.0349 e. The molecule has 3 aromatic rings. The molecule has 1 saturated heterocycles. The molecule has 1 aromatic heterocycles. The summed E-state index contributed by atoms with van der Waals surface area (Å²) in [6.07, 6.45) is 3.86. The van der Waals surface area contributed by atoms with Gasteiger partial charge in [0.15, 0.2) is 0 Å². The van der Waals surface area contributed by atoms with Gasteiger partial charge in [-0.15, -0.1) is 11.3 Å². The number of fused-ring (bicyclic) bond motifs is 1. The number of rotatable bonds is 3. The van der Waals surface area contributed by atoms with Crippen LogP contribution in [-0.2, 0) is 6.42 Å². The predicted octanol–water partition coefficient (Wildman–Crippen LogP) is 5.42. The third-order valence-corrected chi connectivity index (χ3v) is 6.01. The molecule has 23 heavy (non-hydrogen) atoms. The number of nitrogens with one attached hydrogen (secondary N) is 1. The van der Waals surface area contributed by atoms with E-state index < -0.39 is 0 Å². The minimum absolute atomic E-state index is 0.850. The first kappa shape index (κ1) is 14.9. The van der Waals surface area contributed by atoms with Crippen LogP contribution in [-0.4, -0.2) is 13.1 Å². The maximum Gasteiger partial charge on any atom is 0.0349 e. The van der Waals surface area contributed by atoms with Gasteiger partial charge in [0.2, 0.25) is 0 Å². The molecule has 0 saturated carbocycles. The molecule has 0 unspecified atom stereocenters. The normalized spacial score (nSPS) is 16.0. The lowest BCUT2D eigenvalue weighted by atomic mass is 9.89. The molecule has 4 rings (SSSR count). The predicted molar refractivity (Wildman–Crippen MR) is 101 cm³/mol. The van der Waals surface area contributed by atoms with Crippen molar-refractivity contribution in [1.29, 1.82) is 0 Å². The Bertz CT molecular complexity index is 812. The van der Waals surface area contributed by atoms with Gasteiger partial charge in [0.05, 0.1) is 0 Å². The fourth-order valence-electron chi connectivity index (χ4n) is 3.76. The van der Waals surface area contributed by atoms with Crippen molar-refractivity contribution in [2.45, 2.75) is 26.2 Å². The van der Waals surface area contributed by atoms with E-state index in [9.17, 15) is 0 Å². The highest BCUT2D eigenvalue weighted by Gasteiger charge is 2.14. The summed E-state index contributed by atoms with van der Waals surface area (Å²) in [6, 6.07) is 15.8. The summed E-state index contributed by atoms with van der Waals surface area (Å²) in [6.45, 7) is 4.62. The molecule has 0 spiro atoms. The van der Waals surface area contributed by atoms with Crippen molar-refractivity contribution in [3.63, 3.8) is 0 Å². The second-order valence-electron chi connectivity index (χ2n) is 6.69. The Labute approximate surface area is 142 Å². The molecule has 0 amide bonds. The van der Waals surface area contributed by atoms with Crippen LogP contribution in [0.3, 0.4) is 0 Å². The van der Waals surface area contributed by atoms with Crippen LogP contribution in [0.5, 0.6) is 0 Å². The molecule has 2 heterocycles. The van der Waals surface area contributed by atoms with E-state index in [2.05, 4.69) is 60.1 Å². The van der Waals surface area contributed by atoms with Crippen molar-refractivity contribution in [2.75, 3.05) is 13.1 Å². The minimum atomic E-state index is 0.850. The zero-order valence-corrected chi connectivity index (χ0v) is 14.5. The van der Waals surface area contributed by atoms with Crippen molar-refractivity contribution in [1.82, 2.24) is 5.32 Å². The zero-order valence-electron chi connectivity index (χ0n) is 13.6. The highest BCUT2D eigenvalue weighted by Crippen LogP contribution is 2.36. The molecule has 118 valence electrons. The van der Waals surface area contributed by atoms with E-state index in [4.69, 9.17) is 0 Å². The summed E-state index contributed by atoms with van der Waals surface area (Å²) in [5, 5.41) is 7.14. The zero-order chi connectivity index (χ0) is 15.6. The average Bonchev–Trinajstić information content (AvgIpc) is 3.00. The van der Waals surface area contributed by atoms with E-state index in [1.165, 1.54) is 64.7 Å². The summed E-state index contributed by atoms with van der Waals surface area (Å²) in [5.74, 6) is 0.850. The van der Waals surface area contributed by atoms with Gasteiger partial charge in [-0.2, -0.15) is 0 Å². The SMILES string of the molecule is Cc1cc(CC2CCNCC2)ccc1-c1csc2ccccc12. The summed E-state index contributed by atoms with van der Waals surface area (Å²) in [7, 11) is 0. The van der Waals surface area contributed by atoms with E-state index in [0.717, 1.165) is 5.92 Å². The maximum absolute atomic E-state index is 3.46. The quantitative estimate of drug-likeness (QED) is 0.679. The molecule has 1 N–H and O–H groups in total. The number of piperidine rings is 1. The van der Waals surface area contributed by atoms with E-state index in [1.54, 1.807) is 0 Å². The summed E-state index contributed by atoms with van der Waals surface area (Å²) >= 11 is 1.84. The Morgan fingerprint density at radius 3 is 2.70 bits per heavy atom. The Morgan fingerprint density at radius 1 is 1.04 bits per heavy atom. The molecule has 1 aliphatic heterocycles. The van der Waals surface area contributed by atoms with Gasteiger partial charge in [-0.05, 0) is 73.3 Å². The maximum atomic E-state index is 3.46. The van der Waals surface area contributed by atoms with Gasteiger partial charge < -0.3 is 5.32 Å². The molecule has 2 aromatic carbocycles. The lowest BCUT2D eigenvalue weighted by Crippen LogP contribution is -2.28. The van der Waals surface area contributed by atoms with E-state index >= 15 is 0 Å². The molecule has 1 nitrogen and oxygen atoms in total. The van der Waals surface area contributed by atoms with Crippen molar-refractivity contribution in [3.05, 3.63) is 59.0 Å². The van der Waals surface area contributed by atoms with Crippen molar-refractivity contribution < 1.29 is 0 Å². The number of aryl methyl sites for hydroxylation is 1. The van der Waals surface area contributed by atoms with Gasteiger partial charge in [-0.25, -0.2) is 0 Å². The largest absolute Gasteiger partial charge is 0.317 e. The number of thiophene rings is 1. The van der Waals surface area contributed by atoms with Crippen LogP contribution in [0.25, 0.3) is 21.2 Å². The first-order chi connectivity index (χ1) is 11.3. The summed E-state index contributed by atoms with van der Waals surface area (Å²) in [5.41, 5.74) is 5.67. The van der Waals surface area contributed by atoms with Gasteiger partial charge in [-0.1, -0.05) is 36.4 Å². The molecule has 2 heteroatoms. The summed E-state index contributed by atoms with van der Waals surface area (Å²) < 4.78 is 1.38. The number of hydrogen-bond acceptors (Lipinski definition) is 2. The molecular formula is C21H23NS. The molecule has 1 aliphatic rings. The highest BCUT2D eigenvalue weighted by molar-refractivity contribution is 7.17. The van der Waals surface area contributed by atoms with Gasteiger partial charge >= 0.3 is 0 Å². The lowest BCUT2D eigenvalue weighted by Gasteiger charge is -2.22. The topological polar surface area (TPSA) is 12.0 Å². The van der Waals surface area contributed by atoms with Crippen molar-refractivity contribution >= 4 is 21.4 Å². The van der Waals surface area contributed by atoms with Crippen molar-refractivity contribution in [2.24, 2.45) is 5.92 Å². The highest BCUT2D eigenvalue weighted by atomic mass is 32.1. The number of benzene rings is 2. The third kappa shape index (κ3) is 3.06. The van der Waals surface area contributed by atoms with Gasteiger partial charge in [-0.3, -0.25) is 0 Å². The first-order valence-electron chi connectivity index (χ1n) is 8.58.